The van der Waals surface area contributed by atoms with Crippen molar-refractivity contribution in [3.8, 4) is 5.69 Å². The molecule has 2 aromatic rings. The van der Waals surface area contributed by atoms with Gasteiger partial charge in [-0.15, -0.1) is 0 Å². The summed E-state index contributed by atoms with van der Waals surface area (Å²) in [6, 6.07) is 7.02. The van der Waals surface area contributed by atoms with Crippen LogP contribution in [0.2, 0.25) is 0 Å². The van der Waals surface area contributed by atoms with Crippen LogP contribution in [0.15, 0.2) is 45.9 Å². The number of pyridine rings is 1. The van der Waals surface area contributed by atoms with Gasteiger partial charge < -0.3 is 4.42 Å². The van der Waals surface area contributed by atoms with Gasteiger partial charge in [-0.05, 0) is 32.0 Å². The van der Waals surface area contributed by atoms with Crippen molar-refractivity contribution in [2.24, 2.45) is 0 Å². The van der Waals surface area contributed by atoms with E-state index in [0.29, 0.717) is 0 Å². The highest BCUT2D eigenvalue weighted by molar-refractivity contribution is 5.35. The van der Waals surface area contributed by atoms with Gasteiger partial charge >= 0.3 is 0 Å². The van der Waals surface area contributed by atoms with Crippen molar-refractivity contribution in [3.63, 3.8) is 0 Å². The molecule has 0 amide bonds. The zero-order chi connectivity index (χ0) is 12.4. The van der Waals surface area contributed by atoms with Crippen molar-refractivity contribution < 1.29 is 4.42 Å². The Morgan fingerprint density at radius 2 is 2.00 bits per heavy atom. The van der Waals surface area contributed by atoms with Gasteiger partial charge in [0.25, 0.3) is 5.56 Å². The summed E-state index contributed by atoms with van der Waals surface area (Å²) >= 11 is 0. The minimum absolute atomic E-state index is 0.0263. The van der Waals surface area contributed by atoms with Gasteiger partial charge in [-0.1, -0.05) is 6.07 Å². The third-order valence-electron chi connectivity index (χ3n) is 3.37. The van der Waals surface area contributed by atoms with E-state index in [0.717, 1.165) is 31.1 Å². The molecule has 3 rings (SSSR count). The summed E-state index contributed by atoms with van der Waals surface area (Å²) in [7, 11) is 0. The molecule has 1 fully saturated rings. The van der Waals surface area contributed by atoms with E-state index < -0.39 is 0 Å². The number of aromatic nitrogens is 1. The molecule has 0 aliphatic carbocycles. The second-order valence-electron chi connectivity index (χ2n) is 4.62. The fourth-order valence-corrected chi connectivity index (χ4v) is 2.44. The van der Waals surface area contributed by atoms with Crippen LogP contribution in [0.1, 0.15) is 18.6 Å². The van der Waals surface area contributed by atoms with Gasteiger partial charge in [0.15, 0.2) is 0 Å². The number of hydrogen-bond donors (Lipinski definition) is 0. The summed E-state index contributed by atoms with van der Waals surface area (Å²) in [4.78, 5) is 14.2. The molecule has 0 saturated carbocycles. The maximum absolute atomic E-state index is 11.8. The fourth-order valence-electron chi connectivity index (χ4n) is 2.44. The molecule has 0 bridgehead atoms. The van der Waals surface area contributed by atoms with E-state index in [-0.39, 0.29) is 5.56 Å². The van der Waals surface area contributed by atoms with Gasteiger partial charge in [0.2, 0.25) is 0 Å². The molecule has 2 aromatic heterocycles. The molecule has 0 radical (unpaired) electrons. The first kappa shape index (κ1) is 11.3. The Morgan fingerprint density at radius 1 is 1.17 bits per heavy atom. The highest BCUT2D eigenvalue weighted by Gasteiger charge is 2.16. The molecule has 0 atom stereocenters. The number of furan rings is 1. The molecule has 3 heterocycles. The Hall–Kier alpha value is -1.81. The van der Waals surface area contributed by atoms with Gasteiger partial charge in [0, 0.05) is 18.3 Å². The van der Waals surface area contributed by atoms with Crippen LogP contribution in [0, 0.1) is 0 Å². The zero-order valence-corrected chi connectivity index (χ0v) is 10.2. The predicted molar refractivity (Wildman–Crippen MR) is 68.8 cm³/mol. The summed E-state index contributed by atoms with van der Waals surface area (Å²) in [5, 5.41) is 0. The van der Waals surface area contributed by atoms with Crippen LogP contribution < -0.4 is 5.56 Å². The Labute approximate surface area is 105 Å². The third-order valence-corrected chi connectivity index (χ3v) is 3.37. The molecule has 94 valence electrons. The lowest BCUT2D eigenvalue weighted by molar-refractivity contribution is 0.297. The van der Waals surface area contributed by atoms with E-state index >= 15 is 0 Å². The molecule has 1 saturated heterocycles. The second-order valence-corrected chi connectivity index (χ2v) is 4.62. The van der Waals surface area contributed by atoms with Gasteiger partial charge in [-0.2, -0.15) is 0 Å². The van der Waals surface area contributed by atoms with Gasteiger partial charge in [0.05, 0.1) is 18.5 Å². The minimum Gasteiger partial charge on any atom is -0.466 e. The molecule has 1 aliphatic rings. The van der Waals surface area contributed by atoms with Gasteiger partial charge in [0.1, 0.15) is 5.76 Å². The summed E-state index contributed by atoms with van der Waals surface area (Å²) in [6.07, 6.45) is 5.93. The van der Waals surface area contributed by atoms with E-state index in [1.165, 1.54) is 12.8 Å². The number of rotatable bonds is 3. The van der Waals surface area contributed by atoms with Crippen molar-refractivity contribution in [2.75, 3.05) is 13.1 Å². The zero-order valence-electron chi connectivity index (χ0n) is 10.2. The molecular formula is C14H16N2O2. The van der Waals surface area contributed by atoms with Gasteiger partial charge in [-0.3, -0.25) is 14.3 Å². The van der Waals surface area contributed by atoms with Crippen LogP contribution in [0.3, 0.4) is 0 Å². The van der Waals surface area contributed by atoms with Crippen LogP contribution in [0.4, 0.5) is 0 Å². The van der Waals surface area contributed by atoms with E-state index in [4.69, 9.17) is 4.42 Å². The van der Waals surface area contributed by atoms with Crippen LogP contribution in [-0.2, 0) is 6.54 Å². The molecule has 1 aliphatic heterocycles. The van der Waals surface area contributed by atoms with Crippen LogP contribution in [-0.4, -0.2) is 22.6 Å². The topological polar surface area (TPSA) is 38.4 Å². The summed E-state index contributed by atoms with van der Waals surface area (Å²) in [5.41, 5.74) is 0.828. The lowest BCUT2D eigenvalue weighted by atomic mass is 10.3. The Bertz CT molecular complexity index is 579. The lowest BCUT2D eigenvalue weighted by Crippen LogP contribution is -2.21. The van der Waals surface area contributed by atoms with Crippen molar-refractivity contribution >= 4 is 0 Å². The standard InChI is InChI=1S/C14H16N2O2/c17-14-5-1-2-9-16(14)12-6-10-18-13(12)11-15-7-3-4-8-15/h1-2,5-6,9-10H,3-4,7-8,11H2. The summed E-state index contributed by atoms with van der Waals surface area (Å²) < 4.78 is 7.17. The normalized spacial score (nSPS) is 16.2. The van der Waals surface area contributed by atoms with Crippen molar-refractivity contribution in [2.45, 2.75) is 19.4 Å². The number of hydrogen-bond acceptors (Lipinski definition) is 3. The molecular weight excluding hydrogens is 228 g/mol. The van der Waals surface area contributed by atoms with Crippen LogP contribution in [0.25, 0.3) is 5.69 Å². The summed E-state index contributed by atoms with van der Waals surface area (Å²) in [5.74, 6) is 0.866. The van der Waals surface area contributed by atoms with Crippen LogP contribution >= 0.6 is 0 Å². The molecule has 0 spiro atoms. The first-order valence-corrected chi connectivity index (χ1v) is 6.31. The maximum atomic E-state index is 11.8. The predicted octanol–water partition coefficient (Wildman–Crippen LogP) is 2.03. The largest absolute Gasteiger partial charge is 0.466 e. The highest BCUT2D eigenvalue weighted by Crippen LogP contribution is 2.19. The van der Waals surface area contributed by atoms with Crippen LogP contribution in [0.5, 0.6) is 0 Å². The number of nitrogens with zero attached hydrogens (tertiary/aromatic N) is 2. The lowest BCUT2D eigenvalue weighted by Gasteiger charge is -2.14. The van der Waals surface area contributed by atoms with E-state index in [1.54, 1.807) is 29.2 Å². The molecule has 0 unspecified atom stereocenters. The molecule has 0 N–H and O–H groups in total. The van der Waals surface area contributed by atoms with Crippen molar-refractivity contribution in [1.82, 2.24) is 9.47 Å². The van der Waals surface area contributed by atoms with Crippen molar-refractivity contribution in [3.05, 3.63) is 52.8 Å². The smallest absolute Gasteiger partial charge is 0.255 e. The quantitative estimate of drug-likeness (QED) is 0.829. The second kappa shape index (κ2) is 4.82. The van der Waals surface area contributed by atoms with Crippen molar-refractivity contribution in [1.29, 1.82) is 0 Å². The molecule has 18 heavy (non-hydrogen) atoms. The SMILES string of the molecule is O=c1ccccn1-c1ccoc1CN1CCCC1. The monoisotopic (exact) mass is 244 g/mol. The highest BCUT2D eigenvalue weighted by atomic mass is 16.3. The van der Waals surface area contributed by atoms with E-state index in [1.807, 2.05) is 12.1 Å². The first-order valence-electron chi connectivity index (χ1n) is 6.31. The number of likely N-dealkylation sites (tertiary alicyclic amines) is 1. The Balaban J connectivity index is 1.91. The molecule has 0 aromatic carbocycles. The average Bonchev–Trinajstić information content (AvgIpc) is 3.02. The maximum Gasteiger partial charge on any atom is 0.255 e. The third kappa shape index (κ3) is 2.11. The minimum atomic E-state index is -0.0263. The summed E-state index contributed by atoms with van der Waals surface area (Å²) in [6.45, 7) is 3.01. The Kier molecular flexibility index (Phi) is 3.02. The average molecular weight is 244 g/mol. The first-order chi connectivity index (χ1) is 8.84. The molecule has 4 nitrogen and oxygen atoms in total. The fraction of sp³-hybridized carbons (Fsp3) is 0.357. The molecule has 4 heteroatoms. The van der Waals surface area contributed by atoms with Gasteiger partial charge in [-0.25, -0.2) is 0 Å². The van der Waals surface area contributed by atoms with E-state index in [2.05, 4.69) is 4.90 Å². The Morgan fingerprint density at radius 3 is 2.78 bits per heavy atom. The van der Waals surface area contributed by atoms with E-state index in [9.17, 15) is 4.79 Å².